The first-order chi connectivity index (χ1) is 9.24. The van der Waals surface area contributed by atoms with Crippen molar-refractivity contribution in [2.75, 3.05) is 26.7 Å². The number of nitrogens with one attached hydrogen (secondary N) is 1. The van der Waals surface area contributed by atoms with E-state index in [1.54, 1.807) is 0 Å². The van der Waals surface area contributed by atoms with E-state index in [0.717, 1.165) is 13.0 Å². The SMILES string of the molecule is CCCC1(CN(C)CCc2ccccc2)CCCN1. The van der Waals surface area contributed by atoms with Gasteiger partial charge >= 0.3 is 0 Å². The van der Waals surface area contributed by atoms with E-state index in [1.165, 1.54) is 44.3 Å². The van der Waals surface area contributed by atoms with Crippen LogP contribution in [0.1, 0.15) is 38.2 Å². The molecule has 2 rings (SSSR count). The molecule has 1 aliphatic rings. The van der Waals surface area contributed by atoms with Gasteiger partial charge in [-0.2, -0.15) is 0 Å². The Kier molecular flexibility index (Phi) is 5.41. The molecule has 0 aliphatic carbocycles. The van der Waals surface area contributed by atoms with Gasteiger partial charge in [0.05, 0.1) is 0 Å². The van der Waals surface area contributed by atoms with Crippen molar-refractivity contribution in [1.82, 2.24) is 10.2 Å². The summed E-state index contributed by atoms with van der Waals surface area (Å²) >= 11 is 0. The maximum atomic E-state index is 3.76. The molecule has 19 heavy (non-hydrogen) atoms. The zero-order valence-electron chi connectivity index (χ0n) is 12.5. The van der Waals surface area contributed by atoms with E-state index in [9.17, 15) is 0 Å². The topological polar surface area (TPSA) is 15.3 Å². The summed E-state index contributed by atoms with van der Waals surface area (Å²) in [6.07, 6.45) is 6.42. The number of hydrogen-bond acceptors (Lipinski definition) is 2. The molecule has 1 heterocycles. The highest BCUT2D eigenvalue weighted by Crippen LogP contribution is 2.25. The fraction of sp³-hybridized carbons (Fsp3) is 0.647. The van der Waals surface area contributed by atoms with Gasteiger partial charge in [-0.15, -0.1) is 0 Å². The molecular weight excluding hydrogens is 232 g/mol. The van der Waals surface area contributed by atoms with Gasteiger partial charge in [0.15, 0.2) is 0 Å². The molecule has 0 radical (unpaired) electrons. The van der Waals surface area contributed by atoms with Crippen molar-refractivity contribution in [2.45, 2.75) is 44.6 Å². The second-order valence-electron chi connectivity index (χ2n) is 6.03. The first-order valence-corrected chi connectivity index (χ1v) is 7.72. The van der Waals surface area contributed by atoms with Crippen LogP contribution >= 0.6 is 0 Å². The maximum absolute atomic E-state index is 3.76. The van der Waals surface area contributed by atoms with Crippen LogP contribution in [0.3, 0.4) is 0 Å². The van der Waals surface area contributed by atoms with Crippen molar-refractivity contribution in [1.29, 1.82) is 0 Å². The first kappa shape index (κ1) is 14.5. The monoisotopic (exact) mass is 260 g/mol. The van der Waals surface area contributed by atoms with E-state index < -0.39 is 0 Å². The van der Waals surface area contributed by atoms with Crippen molar-refractivity contribution in [2.24, 2.45) is 0 Å². The van der Waals surface area contributed by atoms with Crippen LogP contribution < -0.4 is 5.32 Å². The third-order valence-corrected chi connectivity index (χ3v) is 4.26. The van der Waals surface area contributed by atoms with E-state index in [1.807, 2.05) is 0 Å². The zero-order chi connectivity index (χ0) is 13.6. The molecule has 0 amide bonds. The summed E-state index contributed by atoms with van der Waals surface area (Å²) in [6.45, 7) is 5.84. The Morgan fingerprint density at radius 1 is 1.26 bits per heavy atom. The van der Waals surface area contributed by atoms with Crippen LogP contribution in [0.25, 0.3) is 0 Å². The predicted molar refractivity (Wildman–Crippen MR) is 82.5 cm³/mol. The van der Waals surface area contributed by atoms with Gasteiger partial charge in [-0.05, 0) is 44.8 Å². The summed E-state index contributed by atoms with van der Waals surface area (Å²) in [4.78, 5) is 2.50. The van der Waals surface area contributed by atoms with Crippen molar-refractivity contribution in [3.05, 3.63) is 35.9 Å². The van der Waals surface area contributed by atoms with Crippen LogP contribution in [0.5, 0.6) is 0 Å². The predicted octanol–water partition coefficient (Wildman–Crippen LogP) is 3.08. The largest absolute Gasteiger partial charge is 0.310 e. The highest BCUT2D eigenvalue weighted by molar-refractivity contribution is 5.14. The van der Waals surface area contributed by atoms with E-state index >= 15 is 0 Å². The summed E-state index contributed by atoms with van der Waals surface area (Å²) < 4.78 is 0. The van der Waals surface area contributed by atoms with Crippen LogP contribution in [0.2, 0.25) is 0 Å². The maximum Gasteiger partial charge on any atom is 0.0309 e. The summed E-state index contributed by atoms with van der Waals surface area (Å²) in [5.74, 6) is 0. The van der Waals surface area contributed by atoms with Gasteiger partial charge in [0, 0.05) is 18.6 Å². The molecule has 1 saturated heterocycles. The number of rotatable bonds is 7. The average Bonchev–Trinajstić information content (AvgIpc) is 2.86. The van der Waals surface area contributed by atoms with Gasteiger partial charge in [0.25, 0.3) is 0 Å². The lowest BCUT2D eigenvalue weighted by Gasteiger charge is -2.34. The number of hydrogen-bond donors (Lipinski definition) is 1. The summed E-state index contributed by atoms with van der Waals surface area (Å²) in [7, 11) is 2.26. The molecule has 1 aromatic carbocycles. The van der Waals surface area contributed by atoms with Crippen molar-refractivity contribution >= 4 is 0 Å². The Labute approximate surface area is 118 Å². The van der Waals surface area contributed by atoms with Gasteiger partial charge in [-0.3, -0.25) is 0 Å². The molecule has 0 spiro atoms. The molecule has 2 heteroatoms. The van der Waals surface area contributed by atoms with Gasteiger partial charge in [-0.1, -0.05) is 43.7 Å². The van der Waals surface area contributed by atoms with Crippen molar-refractivity contribution < 1.29 is 0 Å². The third-order valence-electron chi connectivity index (χ3n) is 4.26. The second-order valence-corrected chi connectivity index (χ2v) is 6.03. The Bertz CT molecular complexity index is 355. The summed E-state index contributed by atoms with van der Waals surface area (Å²) in [6, 6.07) is 10.8. The standard InChI is InChI=1S/C17H28N2/c1-3-11-17(12-7-13-18-17)15-19(2)14-10-16-8-5-4-6-9-16/h4-6,8-9,18H,3,7,10-15H2,1-2H3. The highest BCUT2D eigenvalue weighted by Gasteiger charge is 2.33. The average molecular weight is 260 g/mol. The first-order valence-electron chi connectivity index (χ1n) is 7.72. The highest BCUT2D eigenvalue weighted by atomic mass is 15.2. The molecule has 0 bridgehead atoms. The fourth-order valence-electron chi connectivity index (χ4n) is 3.34. The molecule has 1 fully saturated rings. The van der Waals surface area contributed by atoms with E-state index in [4.69, 9.17) is 0 Å². The number of nitrogens with zero attached hydrogens (tertiary/aromatic N) is 1. The van der Waals surface area contributed by atoms with E-state index in [0.29, 0.717) is 5.54 Å². The third kappa shape index (κ3) is 4.32. The van der Waals surface area contributed by atoms with Crippen molar-refractivity contribution in [3.63, 3.8) is 0 Å². The summed E-state index contributed by atoms with van der Waals surface area (Å²) in [5.41, 5.74) is 1.83. The van der Waals surface area contributed by atoms with Gasteiger partial charge in [0.1, 0.15) is 0 Å². The lowest BCUT2D eigenvalue weighted by molar-refractivity contribution is 0.215. The Morgan fingerprint density at radius 3 is 2.68 bits per heavy atom. The Balaban J connectivity index is 1.81. The smallest absolute Gasteiger partial charge is 0.0309 e. The van der Waals surface area contributed by atoms with Gasteiger partial charge in [0.2, 0.25) is 0 Å². The molecule has 0 saturated carbocycles. The van der Waals surface area contributed by atoms with Crippen LogP contribution in [0.4, 0.5) is 0 Å². The number of likely N-dealkylation sites (N-methyl/N-ethyl adjacent to an activating group) is 1. The zero-order valence-corrected chi connectivity index (χ0v) is 12.5. The normalized spacial score (nSPS) is 23.1. The molecule has 2 nitrogen and oxygen atoms in total. The van der Waals surface area contributed by atoms with Gasteiger partial charge in [-0.25, -0.2) is 0 Å². The lowest BCUT2D eigenvalue weighted by atomic mass is 9.91. The fourth-order valence-corrected chi connectivity index (χ4v) is 3.34. The van der Waals surface area contributed by atoms with E-state index in [-0.39, 0.29) is 0 Å². The molecule has 1 aromatic rings. The van der Waals surface area contributed by atoms with Crippen LogP contribution in [0.15, 0.2) is 30.3 Å². The minimum atomic E-state index is 0.389. The minimum Gasteiger partial charge on any atom is -0.310 e. The van der Waals surface area contributed by atoms with E-state index in [2.05, 4.69) is 54.5 Å². The lowest BCUT2D eigenvalue weighted by Crippen LogP contribution is -2.49. The molecule has 1 aliphatic heterocycles. The molecule has 0 aromatic heterocycles. The van der Waals surface area contributed by atoms with Crippen molar-refractivity contribution in [3.8, 4) is 0 Å². The Hall–Kier alpha value is -0.860. The molecule has 1 N–H and O–H groups in total. The second kappa shape index (κ2) is 7.06. The molecule has 1 atom stereocenters. The molecule has 106 valence electrons. The number of benzene rings is 1. The molecule has 1 unspecified atom stereocenters. The quantitative estimate of drug-likeness (QED) is 0.810. The summed E-state index contributed by atoms with van der Waals surface area (Å²) in [5, 5.41) is 3.76. The van der Waals surface area contributed by atoms with Crippen LogP contribution in [-0.4, -0.2) is 37.1 Å². The van der Waals surface area contributed by atoms with Gasteiger partial charge < -0.3 is 10.2 Å². The van der Waals surface area contributed by atoms with Crippen LogP contribution in [0, 0.1) is 0 Å². The molecular formula is C17H28N2. The Morgan fingerprint density at radius 2 is 2.05 bits per heavy atom. The minimum absolute atomic E-state index is 0.389. The van der Waals surface area contributed by atoms with Crippen LogP contribution in [-0.2, 0) is 6.42 Å².